The van der Waals surface area contributed by atoms with Gasteiger partial charge in [-0.25, -0.2) is 4.98 Å². The van der Waals surface area contributed by atoms with E-state index in [4.69, 9.17) is 13.9 Å². The van der Waals surface area contributed by atoms with Crippen molar-refractivity contribution in [1.82, 2.24) is 10.3 Å². The van der Waals surface area contributed by atoms with E-state index in [-0.39, 0.29) is 18.1 Å². The van der Waals surface area contributed by atoms with Crippen molar-refractivity contribution >= 4 is 5.91 Å². The van der Waals surface area contributed by atoms with Crippen molar-refractivity contribution in [3.05, 3.63) is 47.7 Å². The second-order valence-corrected chi connectivity index (χ2v) is 5.97. The lowest BCUT2D eigenvalue weighted by Crippen LogP contribution is -2.34. The Morgan fingerprint density at radius 3 is 3.04 bits per heavy atom. The Morgan fingerprint density at radius 2 is 2.29 bits per heavy atom. The van der Waals surface area contributed by atoms with Crippen molar-refractivity contribution in [2.75, 3.05) is 13.2 Å². The maximum atomic E-state index is 12.4. The highest BCUT2D eigenvalue weighted by atomic mass is 16.5. The second-order valence-electron chi connectivity index (χ2n) is 5.97. The summed E-state index contributed by atoms with van der Waals surface area (Å²) in [5.41, 5.74) is 1.36. The van der Waals surface area contributed by atoms with Gasteiger partial charge in [0.25, 0.3) is 5.91 Å². The third-order valence-electron chi connectivity index (χ3n) is 4.00. The van der Waals surface area contributed by atoms with Crippen LogP contribution in [0.15, 0.2) is 35.1 Å². The molecule has 24 heavy (non-hydrogen) atoms. The fourth-order valence-electron chi connectivity index (χ4n) is 2.71. The number of benzene rings is 1. The average molecular weight is 330 g/mol. The zero-order chi connectivity index (χ0) is 16.9. The number of hydrogen-bond acceptors (Lipinski definition) is 5. The maximum absolute atomic E-state index is 12.4. The zero-order valence-electron chi connectivity index (χ0n) is 14.0. The van der Waals surface area contributed by atoms with Gasteiger partial charge in [-0.2, -0.15) is 0 Å². The third kappa shape index (κ3) is 3.76. The Labute approximate surface area is 141 Å². The van der Waals surface area contributed by atoms with E-state index in [9.17, 15) is 4.79 Å². The van der Waals surface area contributed by atoms with E-state index in [1.54, 1.807) is 0 Å². The summed E-state index contributed by atoms with van der Waals surface area (Å²) in [7, 11) is 0. The number of rotatable bonds is 6. The number of amides is 1. The first-order valence-corrected chi connectivity index (χ1v) is 8.20. The predicted octanol–water partition coefficient (Wildman–Crippen LogP) is 3.03. The van der Waals surface area contributed by atoms with Gasteiger partial charge in [0, 0.05) is 6.61 Å². The van der Waals surface area contributed by atoms with Gasteiger partial charge < -0.3 is 19.2 Å². The van der Waals surface area contributed by atoms with Gasteiger partial charge in [0.2, 0.25) is 0 Å². The van der Waals surface area contributed by atoms with Gasteiger partial charge in [0.15, 0.2) is 17.8 Å². The zero-order valence-corrected chi connectivity index (χ0v) is 14.0. The summed E-state index contributed by atoms with van der Waals surface area (Å²) in [5.74, 6) is 1.06. The van der Waals surface area contributed by atoms with Crippen molar-refractivity contribution in [1.29, 1.82) is 0 Å². The minimum absolute atomic E-state index is 0.159. The van der Waals surface area contributed by atoms with Crippen molar-refractivity contribution in [2.24, 2.45) is 0 Å². The van der Waals surface area contributed by atoms with Gasteiger partial charge in [-0.05, 0) is 38.3 Å². The number of nitrogens with one attached hydrogen (secondary N) is 1. The van der Waals surface area contributed by atoms with E-state index < -0.39 is 0 Å². The van der Waals surface area contributed by atoms with Gasteiger partial charge in [-0.3, -0.25) is 4.79 Å². The van der Waals surface area contributed by atoms with E-state index in [0.29, 0.717) is 24.6 Å². The summed E-state index contributed by atoms with van der Waals surface area (Å²) >= 11 is 0. The van der Waals surface area contributed by atoms with Crippen molar-refractivity contribution in [2.45, 2.75) is 38.9 Å². The average Bonchev–Trinajstić information content (AvgIpc) is 3.25. The first-order valence-electron chi connectivity index (χ1n) is 8.20. The van der Waals surface area contributed by atoms with E-state index in [1.807, 2.05) is 38.1 Å². The molecule has 3 rings (SSSR count). The van der Waals surface area contributed by atoms with Gasteiger partial charge >= 0.3 is 0 Å². The number of carbonyl (C=O) groups excluding carboxylic acids is 1. The van der Waals surface area contributed by atoms with Gasteiger partial charge in [-0.15, -0.1) is 0 Å². The maximum Gasteiger partial charge on any atom is 0.273 e. The molecule has 1 aliphatic rings. The molecule has 1 amide bonds. The fourth-order valence-corrected chi connectivity index (χ4v) is 2.71. The molecule has 0 unspecified atom stereocenters. The number of oxazole rings is 1. The summed E-state index contributed by atoms with van der Waals surface area (Å²) in [6.45, 7) is 4.97. The minimum atomic E-state index is -0.269. The van der Waals surface area contributed by atoms with Crippen LogP contribution in [0.4, 0.5) is 0 Å². The van der Waals surface area contributed by atoms with Crippen molar-refractivity contribution < 1.29 is 18.7 Å². The molecule has 0 saturated carbocycles. The molecule has 1 N–H and O–H groups in total. The number of aryl methyl sites for hydroxylation is 1. The van der Waals surface area contributed by atoms with Crippen LogP contribution in [0, 0.1) is 6.92 Å². The fraction of sp³-hybridized carbons (Fsp3) is 0.444. The molecule has 1 fully saturated rings. The Morgan fingerprint density at radius 1 is 1.46 bits per heavy atom. The highest BCUT2D eigenvalue weighted by Gasteiger charge is 2.28. The lowest BCUT2D eigenvalue weighted by molar-refractivity contribution is 0.0851. The lowest BCUT2D eigenvalue weighted by Gasteiger charge is -2.17. The van der Waals surface area contributed by atoms with Crippen LogP contribution in [-0.2, 0) is 4.74 Å². The topological polar surface area (TPSA) is 73.6 Å². The Kier molecular flexibility index (Phi) is 5.15. The molecule has 1 aromatic heterocycles. The van der Waals surface area contributed by atoms with E-state index in [1.165, 1.54) is 6.39 Å². The van der Waals surface area contributed by atoms with Crippen LogP contribution in [0.25, 0.3) is 0 Å². The molecule has 0 aliphatic carbocycles. The van der Waals surface area contributed by atoms with Gasteiger partial charge in [0.05, 0.1) is 6.54 Å². The molecule has 2 atom stereocenters. The van der Waals surface area contributed by atoms with E-state index in [2.05, 4.69) is 10.3 Å². The molecular weight excluding hydrogens is 308 g/mol. The van der Waals surface area contributed by atoms with Crippen molar-refractivity contribution in [3.8, 4) is 5.75 Å². The molecule has 0 bridgehead atoms. The van der Waals surface area contributed by atoms with Gasteiger partial charge in [-0.1, -0.05) is 18.2 Å². The van der Waals surface area contributed by atoms with Crippen LogP contribution in [-0.4, -0.2) is 30.1 Å². The molecule has 0 radical (unpaired) electrons. The van der Waals surface area contributed by atoms with Crippen molar-refractivity contribution in [3.63, 3.8) is 0 Å². The highest BCUT2D eigenvalue weighted by Crippen LogP contribution is 2.30. The Balaban J connectivity index is 1.56. The smallest absolute Gasteiger partial charge is 0.273 e. The molecule has 6 nitrogen and oxygen atoms in total. The number of carbonyl (C=O) groups is 1. The third-order valence-corrected chi connectivity index (χ3v) is 4.00. The van der Waals surface area contributed by atoms with Crippen LogP contribution in [0.1, 0.15) is 47.7 Å². The quantitative estimate of drug-likeness (QED) is 0.881. The molecule has 2 heterocycles. The standard InChI is InChI=1S/C18H22N2O4/c1-12-6-3-4-7-14(12)24-13(2)10-19-18(21)16-17(23-11-20-16)15-8-5-9-22-15/h3-4,6-7,11,13,15H,5,8-10H2,1-2H3,(H,19,21)/t13-,15+/m1/s1. The molecule has 6 heteroatoms. The monoisotopic (exact) mass is 330 g/mol. The first kappa shape index (κ1) is 16.5. The molecule has 2 aromatic rings. The predicted molar refractivity (Wildman–Crippen MR) is 88.0 cm³/mol. The lowest BCUT2D eigenvalue weighted by atomic mass is 10.1. The number of aromatic nitrogens is 1. The number of nitrogens with zero attached hydrogens (tertiary/aromatic N) is 1. The highest BCUT2D eigenvalue weighted by molar-refractivity contribution is 5.93. The summed E-state index contributed by atoms with van der Waals surface area (Å²) in [6.07, 6.45) is 2.77. The summed E-state index contributed by atoms with van der Waals surface area (Å²) in [6, 6.07) is 7.80. The number of para-hydroxylation sites is 1. The van der Waals surface area contributed by atoms with E-state index in [0.717, 1.165) is 24.2 Å². The molecule has 1 aromatic carbocycles. The number of ether oxygens (including phenoxy) is 2. The second kappa shape index (κ2) is 7.49. The summed E-state index contributed by atoms with van der Waals surface area (Å²) in [5, 5.41) is 2.85. The van der Waals surface area contributed by atoms with Crippen LogP contribution in [0.3, 0.4) is 0 Å². The van der Waals surface area contributed by atoms with Crippen LogP contribution >= 0.6 is 0 Å². The van der Waals surface area contributed by atoms with Crippen LogP contribution in [0.2, 0.25) is 0 Å². The van der Waals surface area contributed by atoms with Crippen LogP contribution < -0.4 is 10.1 Å². The summed E-state index contributed by atoms with van der Waals surface area (Å²) in [4.78, 5) is 16.4. The normalized spacial score (nSPS) is 18.3. The number of hydrogen-bond donors (Lipinski definition) is 1. The minimum Gasteiger partial charge on any atom is -0.489 e. The molecule has 128 valence electrons. The summed E-state index contributed by atoms with van der Waals surface area (Å²) < 4.78 is 16.8. The van der Waals surface area contributed by atoms with Crippen LogP contribution in [0.5, 0.6) is 5.75 Å². The molecule has 0 spiro atoms. The SMILES string of the molecule is Cc1ccccc1O[C@H](C)CNC(=O)c1ncoc1[C@@H]1CCCO1. The Bertz CT molecular complexity index is 692. The van der Waals surface area contributed by atoms with E-state index >= 15 is 0 Å². The largest absolute Gasteiger partial charge is 0.489 e. The van der Waals surface area contributed by atoms with Gasteiger partial charge in [0.1, 0.15) is 18.0 Å². The molecular formula is C18H22N2O4. The molecule has 1 aliphatic heterocycles. The first-order chi connectivity index (χ1) is 11.6. The molecule has 1 saturated heterocycles. The Hall–Kier alpha value is -2.34.